The molecule has 0 saturated carbocycles. The number of carbonyl (C=O) groups is 1. The molecule has 1 atom stereocenters. The van der Waals surface area contributed by atoms with Gasteiger partial charge < -0.3 is 4.90 Å². The molecule has 1 fully saturated rings. The van der Waals surface area contributed by atoms with Gasteiger partial charge >= 0.3 is 18.4 Å². The minimum atomic E-state index is -4.87. The smallest absolute Gasteiger partial charge is 0.325 e. The van der Waals surface area contributed by atoms with Gasteiger partial charge in [-0.05, 0) is 18.2 Å². The Labute approximate surface area is 132 Å². The molecule has 0 radical (unpaired) electrons. The van der Waals surface area contributed by atoms with Crippen molar-refractivity contribution in [3.63, 3.8) is 0 Å². The lowest BCUT2D eigenvalue weighted by Gasteiger charge is -2.25. The number of rotatable bonds is 2. The standard InChI is InChI=1S/C14H11F6N3O/c1-22-7-10(5-13(15,16)17)23(12(22)24)9-3-2-8(6-21)11(4-9)14(18,19)20/h2-4,10H,5,7H2,1H3/t10-/m0/s1. The fourth-order valence-electron chi connectivity index (χ4n) is 2.57. The maximum absolute atomic E-state index is 13.0. The van der Waals surface area contributed by atoms with Gasteiger partial charge in [0.25, 0.3) is 0 Å². The van der Waals surface area contributed by atoms with Crippen molar-refractivity contribution in [2.75, 3.05) is 18.5 Å². The van der Waals surface area contributed by atoms with Crippen molar-refractivity contribution in [3.05, 3.63) is 29.3 Å². The Bertz CT molecular complexity index is 691. The molecular weight excluding hydrogens is 340 g/mol. The Balaban J connectivity index is 2.48. The molecule has 1 aromatic rings. The van der Waals surface area contributed by atoms with Crippen LogP contribution in [0.1, 0.15) is 17.5 Å². The molecule has 2 amide bonds. The van der Waals surface area contributed by atoms with Crippen molar-refractivity contribution in [3.8, 4) is 6.07 Å². The minimum absolute atomic E-state index is 0.264. The van der Waals surface area contributed by atoms with Gasteiger partial charge in [-0.3, -0.25) is 4.90 Å². The van der Waals surface area contributed by atoms with E-state index in [1.54, 1.807) is 0 Å². The second-order valence-electron chi connectivity index (χ2n) is 5.35. The predicted molar refractivity (Wildman–Crippen MR) is 71.1 cm³/mol. The highest BCUT2D eigenvalue weighted by Crippen LogP contribution is 2.37. The van der Waals surface area contributed by atoms with Crippen LogP contribution in [-0.2, 0) is 6.18 Å². The number of alkyl halides is 6. The molecule has 10 heteroatoms. The Morgan fingerprint density at radius 3 is 2.38 bits per heavy atom. The van der Waals surface area contributed by atoms with Crippen molar-refractivity contribution in [2.24, 2.45) is 0 Å². The van der Waals surface area contributed by atoms with E-state index in [1.165, 1.54) is 13.1 Å². The summed E-state index contributed by atoms with van der Waals surface area (Å²) in [5, 5.41) is 8.75. The highest BCUT2D eigenvalue weighted by Gasteiger charge is 2.44. The average molecular weight is 351 g/mol. The molecule has 0 aromatic heterocycles. The van der Waals surface area contributed by atoms with Crippen LogP contribution in [0.2, 0.25) is 0 Å². The van der Waals surface area contributed by atoms with Crippen LogP contribution in [0.15, 0.2) is 18.2 Å². The van der Waals surface area contributed by atoms with Gasteiger partial charge in [0.15, 0.2) is 0 Å². The number of halogens is 6. The summed E-state index contributed by atoms with van der Waals surface area (Å²) in [5.74, 6) is 0. The average Bonchev–Trinajstić information content (AvgIpc) is 2.70. The SMILES string of the molecule is CN1C[C@H](CC(F)(F)F)N(c2ccc(C#N)c(C(F)(F)F)c2)C1=O. The third kappa shape index (κ3) is 3.55. The van der Waals surface area contributed by atoms with Gasteiger partial charge in [0.2, 0.25) is 0 Å². The van der Waals surface area contributed by atoms with Gasteiger partial charge in [-0.15, -0.1) is 0 Å². The van der Waals surface area contributed by atoms with Crippen molar-refractivity contribution >= 4 is 11.7 Å². The normalized spacial score (nSPS) is 18.9. The fraction of sp³-hybridized carbons (Fsp3) is 0.429. The zero-order chi connectivity index (χ0) is 18.3. The molecular formula is C14H11F6N3O. The second-order valence-corrected chi connectivity index (χ2v) is 5.35. The Morgan fingerprint density at radius 1 is 1.25 bits per heavy atom. The molecule has 1 aromatic carbocycles. The zero-order valence-electron chi connectivity index (χ0n) is 12.2. The zero-order valence-corrected chi connectivity index (χ0v) is 12.2. The Kier molecular flexibility index (Phi) is 4.39. The first-order chi connectivity index (χ1) is 10.9. The monoisotopic (exact) mass is 351 g/mol. The molecule has 0 spiro atoms. The van der Waals surface area contributed by atoms with E-state index in [9.17, 15) is 31.1 Å². The number of nitrogens with zero attached hydrogens (tertiary/aromatic N) is 3. The number of urea groups is 1. The van der Waals surface area contributed by atoms with Gasteiger partial charge in [-0.2, -0.15) is 31.6 Å². The summed E-state index contributed by atoms with van der Waals surface area (Å²) in [6, 6.07) is 1.61. The van der Waals surface area contributed by atoms with Gasteiger partial charge in [0.1, 0.15) is 0 Å². The number of nitriles is 1. The van der Waals surface area contributed by atoms with Crippen LogP contribution in [0.25, 0.3) is 0 Å². The predicted octanol–water partition coefficient (Wildman–Crippen LogP) is 3.77. The molecule has 0 bridgehead atoms. The summed E-state index contributed by atoms with van der Waals surface area (Å²) in [5.41, 5.74) is -2.29. The first-order valence-electron chi connectivity index (χ1n) is 6.66. The van der Waals surface area contributed by atoms with Gasteiger partial charge in [0.05, 0.1) is 29.7 Å². The number of anilines is 1. The van der Waals surface area contributed by atoms with Crippen LogP contribution in [0.3, 0.4) is 0 Å². The van der Waals surface area contributed by atoms with Gasteiger partial charge in [-0.25, -0.2) is 4.79 Å². The first kappa shape index (κ1) is 17.9. The molecule has 4 nitrogen and oxygen atoms in total. The molecule has 1 saturated heterocycles. The third-order valence-electron chi connectivity index (χ3n) is 3.56. The highest BCUT2D eigenvalue weighted by molar-refractivity contribution is 5.95. The van der Waals surface area contributed by atoms with E-state index in [2.05, 4.69) is 0 Å². The first-order valence-corrected chi connectivity index (χ1v) is 6.66. The number of hydrogen-bond donors (Lipinski definition) is 0. The largest absolute Gasteiger partial charge is 0.417 e. The van der Waals surface area contributed by atoms with E-state index < -0.39 is 42.0 Å². The van der Waals surface area contributed by atoms with Crippen molar-refractivity contribution < 1.29 is 31.1 Å². The lowest BCUT2D eigenvalue weighted by Crippen LogP contribution is -2.37. The van der Waals surface area contributed by atoms with E-state index in [0.29, 0.717) is 11.0 Å². The van der Waals surface area contributed by atoms with Crippen LogP contribution in [0, 0.1) is 11.3 Å². The molecule has 0 unspecified atom stereocenters. The molecule has 1 aliphatic heterocycles. The van der Waals surface area contributed by atoms with Crippen LogP contribution in [0.4, 0.5) is 36.8 Å². The lowest BCUT2D eigenvalue weighted by atomic mass is 10.1. The van der Waals surface area contributed by atoms with Gasteiger partial charge in [0, 0.05) is 19.3 Å². The maximum Gasteiger partial charge on any atom is 0.417 e. The van der Waals surface area contributed by atoms with Crippen LogP contribution in [0.5, 0.6) is 0 Å². The molecule has 0 N–H and O–H groups in total. The quantitative estimate of drug-likeness (QED) is 0.762. The number of amides is 2. The fourth-order valence-corrected chi connectivity index (χ4v) is 2.57. The lowest BCUT2D eigenvalue weighted by molar-refractivity contribution is -0.139. The topological polar surface area (TPSA) is 47.3 Å². The van der Waals surface area contributed by atoms with E-state index in [4.69, 9.17) is 5.26 Å². The summed E-state index contributed by atoms with van der Waals surface area (Å²) in [6.45, 7) is -0.264. The third-order valence-corrected chi connectivity index (χ3v) is 3.56. The number of benzene rings is 1. The van der Waals surface area contributed by atoms with Crippen molar-refractivity contribution in [2.45, 2.75) is 24.8 Å². The van der Waals surface area contributed by atoms with Crippen molar-refractivity contribution in [1.29, 1.82) is 5.26 Å². The summed E-state index contributed by atoms with van der Waals surface area (Å²) in [7, 11) is 1.26. The van der Waals surface area contributed by atoms with Crippen LogP contribution < -0.4 is 4.90 Å². The summed E-state index contributed by atoms with van der Waals surface area (Å²) in [6.07, 6.45) is -10.8. The van der Waals surface area contributed by atoms with E-state index >= 15 is 0 Å². The van der Waals surface area contributed by atoms with Crippen LogP contribution in [-0.4, -0.2) is 36.7 Å². The number of likely N-dealkylation sites (N-methyl/N-ethyl adjacent to an activating group) is 1. The summed E-state index contributed by atoms with van der Waals surface area (Å²) < 4.78 is 77.0. The molecule has 130 valence electrons. The molecule has 0 aliphatic carbocycles. The van der Waals surface area contributed by atoms with E-state index in [1.807, 2.05) is 0 Å². The molecule has 1 heterocycles. The summed E-state index contributed by atoms with van der Waals surface area (Å²) >= 11 is 0. The molecule has 1 aliphatic rings. The maximum atomic E-state index is 13.0. The van der Waals surface area contributed by atoms with Crippen molar-refractivity contribution in [1.82, 2.24) is 4.90 Å². The minimum Gasteiger partial charge on any atom is -0.325 e. The highest BCUT2D eigenvalue weighted by atomic mass is 19.4. The second kappa shape index (κ2) is 5.89. The molecule has 2 rings (SSSR count). The van der Waals surface area contributed by atoms with Gasteiger partial charge in [-0.1, -0.05) is 0 Å². The van der Waals surface area contributed by atoms with Crippen LogP contribution >= 0.6 is 0 Å². The Hall–Kier alpha value is -2.44. The Morgan fingerprint density at radius 2 is 1.88 bits per heavy atom. The summed E-state index contributed by atoms with van der Waals surface area (Å²) in [4.78, 5) is 13.7. The molecule has 24 heavy (non-hydrogen) atoms. The number of carbonyl (C=O) groups excluding carboxylic acids is 1. The van der Waals surface area contributed by atoms with E-state index in [-0.39, 0.29) is 12.2 Å². The number of hydrogen-bond acceptors (Lipinski definition) is 2. The van der Waals surface area contributed by atoms with E-state index in [0.717, 1.165) is 17.0 Å².